The normalized spacial score (nSPS) is 13.1. The maximum absolute atomic E-state index is 12.2. The van der Waals surface area contributed by atoms with Crippen molar-refractivity contribution in [2.75, 3.05) is 11.9 Å². The zero-order chi connectivity index (χ0) is 18.0. The molecule has 0 saturated heterocycles. The number of fused-ring (bicyclic) bond motifs is 1. The van der Waals surface area contributed by atoms with Crippen LogP contribution in [0, 0.1) is 13.8 Å². The molecule has 0 unspecified atom stereocenters. The minimum Gasteiger partial charge on any atom is -0.326 e. The molecule has 0 radical (unpaired) electrons. The molecule has 0 aliphatic carbocycles. The Kier molecular flexibility index (Phi) is 4.65. The van der Waals surface area contributed by atoms with Crippen LogP contribution in [0.1, 0.15) is 44.7 Å². The molecule has 2 aromatic rings. The minimum absolute atomic E-state index is 0.125. The molecule has 25 heavy (non-hydrogen) atoms. The van der Waals surface area contributed by atoms with E-state index < -0.39 is 0 Å². The van der Waals surface area contributed by atoms with Crippen LogP contribution < -0.4 is 5.32 Å². The van der Waals surface area contributed by atoms with Crippen molar-refractivity contribution in [3.8, 4) is 0 Å². The average Bonchev–Trinajstić information content (AvgIpc) is 2.83. The number of hydrogen-bond donors (Lipinski definition) is 1. The van der Waals surface area contributed by atoms with Gasteiger partial charge in [-0.2, -0.15) is 0 Å². The summed E-state index contributed by atoms with van der Waals surface area (Å²) in [6.45, 7) is 4.25. The summed E-state index contributed by atoms with van der Waals surface area (Å²) in [6.07, 6.45) is 0.683. The molecule has 0 spiro atoms. The van der Waals surface area contributed by atoms with Crippen molar-refractivity contribution in [3.63, 3.8) is 0 Å². The van der Waals surface area contributed by atoms with Crippen molar-refractivity contribution in [2.24, 2.45) is 0 Å². The third-order valence-electron chi connectivity index (χ3n) is 4.45. The van der Waals surface area contributed by atoms with Crippen LogP contribution in [-0.4, -0.2) is 29.2 Å². The molecule has 128 valence electrons. The zero-order valence-electron chi connectivity index (χ0n) is 14.3. The van der Waals surface area contributed by atoms with Crippen molar-refractivity contribution in [3.05, 3.63) is 64.7 Å². The Morgan fingerprint density at radius 2 is 1.60 bits per heavy atom. The summed E-state index contributed by atoms with van der Waals surface area (Å²) in [5.41, 5.74) is 3.92. The van der Waals surface area contributed by atoms with Crippen LogP contribution >= 0.6 is 0 Å². The molecular weight excluding hydrogens is 316 g/mol. The number of aryl methyl sites for hydroxylation is 2. The van der Waals surface area contributed by atoms with Crippen LogP contribution in [0.4, 0.5) is 5.69 Å². The van der Waals surface area contributed by atoms with E-state index in [0.717, 1.165) is 11.3 Å². The highest BCUT2D eigenvalue weighted by Crippen LogP contribution is 2.22. The highest BCUT2D eigenvalue weighted by atomic mass is 16.2. The molecule has 1 aliphatic heterocycles. The van der Waals surface area contributed by atoms with E-state index in [2.05, 4.69) is 5.32 Å². The maximum atomic E-state index is 12.2. The van der Waals surface area contributed by atoms with Gasteiger partial charge in [0, 0.05) is 18.7 Å². The summed E-state index contributed by atoms with van der Waals surface area (Å²) in [5.74, 6) is -0.690. The SMILES string of the molecule is Cc1ccc(NC(=O)CCCN2C(=O)c3ccccc3C2=O)cc1C. The molecule has 3 rings (SSSR count). The van der Waals surface area contributed by atoms with E-state index in [1.54, 1.807) is 24.3 Å². The maximum Gasteiger partial charge on any atom is 0.261 e. The number of nitrogens with one attached hydrogen (secondary N) is 1. The summed E-state index contributed by atoms with van der Waals surface area (Å²) < 4.78 is 0. The van der Waals surface area contributed by atoms with Crippen molar-refractivity contribution < 1.29 is 14.4 Å². The van der Waals surface area contributed by atoms with Gasteiger partial charge in [0.25, 0.3) is 11.8 Å². The summed E-state index contributed by atoms with van der Waals surface area (Å²) in [7, 11) is 0. The lowest BCUT2D eigenvalue weighted by Crippen LogP contribution is -2.31. The molecule has 0 bridgehead atoms. The van der Waals surface area contributed by atoms with Crippen molar-refractivity contribution in [2.45, 2.75) is 26.7 Å². The number of anilines is 1. The Bertz CT molecular complexity index is 823. The van der Waals surface area contributed by atoms with Crippen molar-refractivity contribution >= 4 is 23.4 Å². The summed E-state index contributed by atoms with van der Waals surface area (Å²) in [6, 6.07) is 12.5. The van der Waals surface area contributed by atoms with E-state index in [-0.39, 0.29) is 30.7 Å². The fourth-order valence-electron chi connectivity index (χ4n) is 2.88. The number of imide groups is 1. The molecule has 1 heterocycles. The van der Waals surface area contributed by atoms with Gasteiger partial charge in [0.15, 0.2) is 0 Å². The Morgan fingerprint density at radius 3 is 2.20 bits per heavy atom. The van der Waals surface area contributed by atoms with Gasteiger partial charge in [-0.15, -0.1) is 0 Å². The molecule has 5 heteroatoms. The van der Waals surface area contributed by atoms with Gasteiger partial charge in [0.1, 0.15) is 0 Å². The molecule has 0 atom stereocenters. The first kappa shape index (κ1) is 16.9. The van der Waals surface area contributed by atoms with Crippen molar-refractivity contribution in [1.29, 1.82) is 0 Å². The van der Waals surface area contributed by atoms with Crippen LogP contribution in [0.15, 0.2) is 42.5 Å². The van der Waals surface area contributed by atoms with E-state index in [9.17, 15) is 14.4 Å². The zero-order valence-corrected chi connectivity index (χ0v) is 14.3. The number of hydrogen-bond acceptors (Lipinski definition) is 3. The number of amides is 3. The van der Waals surface area contributed by atoms with Crippen LogP contribution in [0.25, 0.3) is 0 Å². The quantitative estimate of drug-likeness (QED) is 0.852. The molecule has 5 nitrogen and oxygen atoms in total. The third-order valence-corrected chi connectivity index (χ3v) is 4.45. The predicted octanol–water partition coefficient (Wildman–Crippen LogP) is 3.32. The first-order valence-corrected chi connectivity index (χ1v) is 8.29. The molecule has 2 aromatic carbocycles. The molecule has 1 N–H and O–H groups in total. The molecule has 0 saturated carbocycles. The van der Waals surface area contributed by atoms with Crippen LogP contribution in [0.2, 0.25) is 0 Å². The lowest BCUT2D eigenvalue weighted by molar-refractivity contribution is -0.116. The molecule has 3 amide bonds. The second-order valence-electron chi connectivity index (χ2n) is 6.26. The van der Waals surface area contributed by atoms with Gasteiger partial charge in [-0.3, -0.25) is 19.3 Å². The highest BCUT2D eigenvalue weighted by Gasteiger charge is 2.34. The smallest absolute Gasteiger partial charge is 0.261 e. The minimum atomic E-state index is -0.282. The third kappa shape index (κ3) is 3.45. The van der Waals surface area contributed by atoms with E-state index in [1.807, 2.05) is 32.0 Å². The Morgan fingerprint density at radius 1 is 0.960 bits per heavy atom. The number of carbonyl (C=O) groups is 3. The van der Waals surface area contributed by atoms with E-state index >= 15 is 0 Å². The van der Waals surface area contributed by atoms with Crippen LogP contribution in [-0.2, 0) is 4.79 Å². The Balaban J connectivity index is 1.53. The van der Waals surface area contributed by atoms with Gasteiger partial charge in [0.05, 0.1) is 11.1 Å². The van der Waals surface area contributed by atoms with Crippen LogP contribution in [0.3, 0.4) is 0 Å². The van der Waals surface area contributed by atoms with Gasteiger partial charge in [-0.25, -0.2) is 0 Å². The number of nitrogens with zero attached hydrogens (tertiary/aromatic N) is 1. The topological polar surface area (TPSA) is 66.5 Å². The standard InChI is InChI=1S/C20H20N2O3/c1-13-9-10-15(12-14(13)2)21-18(23)8-5-11-22-19(24)16-6-3-4-7-17(16)20(22)25/h3-4,6-7,9-10,12H,5,8,11H2,1-2H3,(H,21,23). The van der Waals surface area contributed by atoms with E-state index in [0.29, 0.717) is 17.5 Å². The molecule has 0 aromatic heterocycles. The Labute approximate surface area is 146 Å². The number of rotatable bonds is 5. The fourth-order valence-corrected chi connectivity index (χ4v) is 2.88. The summed E-state index contributed by atoms with van der Waals surface area (Å²) in [4.78, 5) is 37.8. The molecule has 1 aliphatic rings. The highest BCUT2D eigenvalue weighted by molar-refractivity contribution is 6.21. The van der Waals surface area contributed by atoms with Gasteiger partial charge in [-0.05, 0) is 55.7 Å². The van der Waals surface area contributed by atoms with Gasteiger partial charge >= 0.3 is 0 Å². The van der Waals surface area contributed by atoms with Crippen LogP contribution in [0.5, 0.6) is 0 Å². The average molecular weight is 336 g/mol. The van der Waals surface area contributed by atoms with Crippen molar-refractivity contribution in [1.82, 2.24) is 4.90 Å². The summed E-state index contributed by atoms with van der Waals surface area (Å²) in [5, 5.41) is 2.85. The predicted molar refractivity (Wildman–Crippen MR) is 95.6 cm³/mol. The lowest BCUT2D eigenvalue weighted by Gasteiger charge is -2.13. The van der Waals surface area contributed by atoms with E-state index in [4.69, 9.17) is 0 Å². The largest absolute Gasteiger partial charge is 0.326 e. The van der Waals surface area contributed by atoms with Gasteiger partial charge in [-0.1, -0.05) is 18.2 Å². The molecular formula is C20H20N2O3. The fraction of sp³-hybridized carbons (Fsp3) is 0.250. The molecule has 0 fully saturated rings. The second kappa shape index (κ2) is 6.89. The Hall–Kier alpha value is -2.95. The number of carbonyl (C=O) groups excluding carboxylic acids is 3. The second-order valence-corrected chi connectivity index (χ2v) is 6.26. The summed E-state index contributed by atoms with van der Waals surface area (Å²) >= 11 is 0. The first-order chi connectivity index (χ1) is 12.0. The first-order valence-electron chi connectivity index (χ1n) is 8.29. The van der Waals surface area contributed by atoms with Gasteiger partial charge in [0.2, 0.25) is 5.91 Å². The van der Waals surface area contributed by atoms with E-state index in [1.165, 1.54) is 10.5 Å². The monoisotopic (exact) mass is 336 g/mol. The lowest BCUT2D eigenvalue weighted by atomic mass is 10.1. The number of benzene rings is 2. The van der Waals surface area contributed by atoms with Gasteiger partial charge < -0.3 is 5.32 Å².